The molecule has 0 aliphatic carbocycles. The number of carbonyl (C=O) groups excluding carboxylic acids is 1. The maximum Gasteiger partial charge on any atom is 0.255 e. The fraction of sp³-hybridized carbons (Fsp3) is 0.278. The minimum Gasteiger partial charge on any atom is -0.338 e. The topological polar surface area (TPSA) is 76.8 Å². The lowest BCUT2D eigenvalue weighted by molar-refractivity contribution is 0.0790. The van der Waals surface area contributed by atoms with E-state index in [-0.39, 0.29) is 11.8 Å². The number of rotatable bonds is 3. The van der Waals surface area contributed by atoms with Crippen molar-refractivity contribution in [1.29, 1.82) is 0 Å². The fourth-order valence-electron chi connectivity index (χ4n) is 3.06. The van der Waals surface area contributed by atoms with E-state index < -0.39 is 0 Å². The first-order valence-electron chi connectivity index (χ1n) is 8.24. The van der Waals surface area contributed by atoms with Crippen molar-refractivity contribution < 1.29 is 4.79 Å². The highest BCUT2D eigenvalue weighted by Gasteiger charge is 2.29. The molecule has 25 heavy (non-hydrogen) atoms. The van der Waals surface area contributed by atoms with Gasteiger partial charge in [-0.3, -0.25) is 9.36 Å². The number of amides is 1. The summed E-state index contributed by atoms with van der Waals surface area (Å²) in [6.45, 7) is 3.31. The van der Waals surface area contributed by atoms with E-state index in [9.17, 15) is 4.79 Å². The Labute approximate surface area is 145 Å². The molecule has 7 nitrogen and oxygen atoms in total. The number of likely N-dealkylation sites (tertiary alicyclic amines) is 1. The van der Waals surface area contributed by atoms with Gasteiger partial charge in [0, 0.05) is 49.5 Å². The first kappa shape index (κ1) is 15.4. The van der Waals surface area contributed by atoms with Crippen LogP contribution in [-0.4, -0.2) is 48.4 Å². The third kappa shape index (κ3) is 3.13. The molecule has 1 unspecified atom stereocenters. The fourth-order valence-corrected chi connectivity index (χ4v) is 3.06. The second kappa shape index (κ2) is 6.43. The Hall–Kier alpha value is -3.09. The lowest BCUT2D eigenvalue weighted by atomic mass is 10.1. The maximum atomic E-state index is 12.7. The number of aromatic nitrogens is 5. The van der Waals surface area contributed by atoms with Gasteiger partial charge in [0.25, 0.3) is 5.91 Å². The SMILES string of the molecule is Cc1ccnc(C2CCN(C(=O)c3ccc(-n4ccnc4)nc3)C2)n1. The quantitative estimate of drug-likeness (QED) is 0.732. The Morgan fingerprint density at radius 3 is 2.84 bits per heavy atom. The molecular weight excluding hydrogens is 316 g/mol. The van der Waals surface area contributed by atoms with E-state index in [1.54, 1.807) is 35.6 Å². The van der Waals surface area contributed by atoms with Gasteiger partial charge in [0.2, 0.25) is 0 Å². The number of carbonyl (C=O) groups is 1. The van der Waals surface area contributed by atoms with Gasteiger partial charge in [-0.05, 0) is 31.5 Å². The standard InChI is InChI=1S/C18H18N6O/c1-13-4-6-20-17(22-13)15-5-8-23(11-15)18(25)14-2-3-16(21-10-14)24-9-7-19-12-24/h2-4,6-7,9-10,12,15H,5,8,11H2,1H3. The van der Waals surface area contributed by atoms with Gasteiger partial charge in [0.15, 0.2) is 0 Å². The molecule has 1 atom stereocenters. The lowest BCUT2D eigenvalue weighted by Crippen LogP contribution is -2.28. The Balaban J connectivity index is 1.46. The van der Waals surface area contributed by atoms with E-state index in [0.29, 0.717) is 18.7 Å². The van der Waals surface area contributed by atoms with E-state index in [4.69, 9.17) is 0 Å². The van der Waals surface area contributed by atoms with Crippen LogP contribution in [0.5, 0.6) is 0 Å². The molecule has 0 saturated carbocycles. The van der Waals surface area contributed by atoms with Crippen LogP contribution >= 0.6 is 0 Å². The number of aryl methyl sites for hydroxylation is 1. The summed E-state index contributed by atoms with van der Waals surface area (Å²) in [6.07, 6.45) is 9.47. The van der Waals surface area contributed by atoms with Crippen molar-refractivity contribution in [3.8, 4) is 5.82 Å². The average molecular weight is 334 g/mol. The zero-order valence-corrected chi connectivity index (χ0v) is 13.9. The zero-order chi connectivity index (χ0) is 17.2. The second-order valence-electron chi connectivity index (χ2n) is 6.17. The molecule has 1 aliphatic rings. The van der Waals surface area contributed by atoms with Gasteiger partial charge in [0.1, 0.15) is 18.0 Å². The summed E-state index contributed by atoms with van der Waals surface area (Å²) in [5, 5.41) is 0. The van der Waals surface area contributed by atoms with Crippen LogP contribution in [0.4, 0.5) is 0 Å². The minimum atomic E-state index is -0.000154. The van der Waals surface area contributed by atoms with Crippen LogP contribution in [0.1, 0.15) is 34.2 Å². The van der Waals surface area contributed by atoms with Gasteiger partial charge in [-0.1, -0.05) is 0 Å². The largest absolute Gasteiger partial charge is 0.338 e. The second-order valence-corrected chi connectivity index (χ2v) is 6.17. The van der Waals surface area contributed by atoms with Crippen molar-refractivity contribution in [2.24, 2.45) is 0 Å². The van der Waals surface area contributed by atoms with E-state index in [2.05, 4.69) is 19.9 Å². The zero-order valence-electron chi connectivity index (χ0n) is 13.9. The summed E-state index contributed by atoms with van der Waals surface area (Å²) in [6, 6.07) is 5.52. The third-order valence-electron chi connectivity index (χ3n) is 4.42. The predicted octanol–water partition coefficient (Wildman–Crippen LogP) is 2.00. The molecule has 4 rings (SSSR count). The van der Waals surface area contributed by atoms with Gasteiger partial charge in [-0.25, -0.2) is 19.9 Å². The molecule has 0 radical (unpaired) electrons. The molecule has 0 N–H and O–H groups in total. The molecule has 1 aliphatic heterocycles. The highest BCUT2D eigenvalue weighted by atomic mass is 16.2. The molecule has 126 valence electrons. The average Bonchev–Trinajstić information content (AvgIpc) is 3.33. The number of hydrogen-bond acceptors (Lipinski definition) is 5. The molecule has 3 aromatic heterocycles. The van der Waals surface area contributed by atoms with E-state index in [1.807, 2.05) is 30.2 Å². The summed E-state index contributed by atoms with van der Waals surface area (Å²) in [7, 11) is 0. The predicted molar refractivity (Wildman–Crippen MR) is 91.4 cm³/mol. The van der Waals surface area contributed by atoms with Gasteiger partial charge in [-0.2, -0.15) is 0 Å². The van der Waals surface area contributed by atoms with Gasteiger partial charge in [-0.15, -0.1) is 0 Å². The van der Waals surface area contributed by atoms with Gasteiger partial charge < -0.3 is 4.90 Å². The number of pyridine rings is 1. The van der Waals surface area contributed by atoms with Crippen LogP contribution in [0.3, 0.4) is 0 Å². The molecule has 1 fully saturated rings. The summed E-state index contributed by atoms with van der Waals surface area (Å²) < 4.78 is 1.80. The van der Waals surface area contributed by atoms with Crippen molar-refractivity contribution in [3.63, 3.8) is 0 Å². The Kier molecular flexibility index (Phi) is 3.97. The van der Waals surface area contributed by atoms with Gasteiger partial charge in [0.05, 0.1) is 5.56 Å². The van der Waals surface area contributed by atoms with Crippen LogP contribution < -0.4 is 0 Å². The third-order valence-corrected chi connectivity index (χ3v) is 4.42. The van der Waals surface area contributed by atoms with Crippen molar-refractivity contribution in [2.45, 2.75) is 19.3 Å². The number of nitrogens with zero attached hydrogens (tertiary/aromatic N) is 6. The Morgan fingerprint density at radius 2 is 2.12 bits per heavy atom. The van der Waals surface area contributed by atoms with Crippen molar-refractivity contribution >= 4 is 5.91 Å². The highest BCUT2D eigenvalue weighted by Crippen LogP contribution is 2.25. The number of hydrogen-bond donors (Lipinski definition) is 0. The molecular formula is C18H18N6O. The smallest absolute Gasteiger partial charge is 0.255 e. The molecule has 0 spiro atoms. The van der Waals surface area contributed by atoms with Crippen LogP contribution in [0, 0.1) is 6.92 Å². The van der Waals surface area contributed by atoms with E-state index in [1.165, 1.54) is 0 Å². The van der Waals surface area contributed by atoms with Gasteiger partial charge >= 0.3 is 0 Å². The maximum absolute atomic E-state index is 12.7. The molecule has 0 aromatic carbocycles. The molecule has 3 aromatic rings. The monoisotopic (exact) mass is 334 g/mol. The first-order valence-corrected chi connectivity index (χ1v) is 8.24. The van der Waals surface area contributed by atoms with Crippen molar-refractivity contribution in [2.75, 3.05) is 13.1 Å². The molecule has 1 amide bonds. The van der Waals surface area contributed by atoms with Crippen LogP contribution in [0.2, 0.25) is 0 Å². The molecule has 0 bridgehead atoms. The van der Waals surface area contributed by atoms with E-state index >= 15 is 0 Å². The van der Waals surface area contributed by atoms with Crippen molar-refractivity contribution in [3.05, 3.63) is 66.4 Å². The summed E-state index contributed by atoms with van der Waals surface area (Å²) >= 11 is 0. The van der Waals surface area contributed by atoms with Crippen LogP contribution in [-0.2, 0) is 0 Å². The first-order chi connectivity index (χ1) is 12.2. The number of imidazole rings is 1. The summed E-state index contributed by atoms with van der Waals surface area (Å²) in [4.78, 5) is 31.8. The molecule has 4 heterocycles. The molecule has 1 saturated heterocycles. The Morgan fingerprint density at radius 1 is 1.20 bits per heavy atom. The van der Waals surface area contributed by atoms with Crippen LogP contribution in [0.15, 0.2) is 49.3 Å². The van der Waals surface area contributed by atoms with Crippen molar-refractivity contribution in [1.82, 2.24) is 29.4 Å². The lowest BCUT2D eigenvalue weighted by Gasteiger charge is -2.16. The van der Waals surface area contributed by atoms with E-state index in [0.717, 1.165) is 23.8 Å². The Bertz CT molecular complexity index is 875. The van der Waals surface area contributed by atoms with Crippen LogP contribution in [0.25, 0.3) is 5.82 Å². The summed E-state index contributed by atoms with van der Waals surface area (Å²) in [5.41, 5.74) is 1.55. The normalized spacial score (nSPS) is 17.0. The minimum absolute atomic E-state index is 0.000154. The highest BCUT2D eigenvalue weighted by molar-refractivity contribution is 5.94. The summed E-state index contributed by atoms with van der Waals surface area (Å²) in [5.74, 6) is 1.76. The molecule has 7 heteroatoms.